The molecule has 0 atom stereocenters. The summed E-state index contributed by atoms with van der Waals surface area (Å²) in [6.07, 6.45) is 0.206. The highest BCUT2D eigenvalue weighted by Gasteiger charge is 2.09. The number of nitrogens with one attached hydrogen (secondary N) is 2. The van der Waals surface area contributed by atoms with Crippen LogP contribution in [0.1, 0.15) is 23.0 Å². The molecule has 0 fully saturated rings. The van der Waals surface area contributed by atoms with E-state index >= 15 is 0 Å². The van der Waals surface area contributed by atoms with Crippen molar-refractivity contribution in [2.45, 2.75) is 13.3 Å². The summed E-state index contributed by atoms with van der Waals surface area (Å²) in [5, 5.41) is 7.35. The molecule has 1 aromatic heterocycles. The maximum atomic E-state index is 11.9. The first kappa shape index (κ1) is 16.0. The average Bonchev–Trinajstić information content (AvgIpc) is 3.04. The molecule has 0 aliphatic heterocycles. The second kappa shape index (κ2) is 8.19. The van der Waals surface area contributed by atoms with Gasteiger partial charge in [-0.25, -0.2) is 0 Å². The van der Waals surface area contributed by atoms with Gasteiger partial charge in [-0.05, 0) is 30.5 Å². The molecule has 5 nitrogen and oxygen atoms in total. The predicted octanol–water partition coefficient (Wildman–Crippen LogP) is 2.91. The maximum absolute atomic E-state index is 11.9. The lowest BCUT2D eigenvalue weighted by atomic mass is 10.2. The minimum Gasteiger partial charge on any atom is -0.492 e. The minimum atomic E-state index is -0.168. The maximum Gasteiger partial charge on any atom is 0.261 e. The average molecular weight is 318 g/mol. The van der Waals surface area contributed by atoms with E-state index in [4.69, 9.17) is 4.74 Å². The Morgan fingerprint density at radius 3 is 2.73 bits per heavy atom. The second-order valence-corrected chi connectivity index (χ2v) is 5.41. The van der Waals surface area contributed by atoms with Crippen LogP contribution in [0.5, 0.6) is 5.75 Å². The van der Waals surface area contributed by atoms with Crippen molar-refractivity contribution in [3.63, 3.8) is 0 Å². The van der Waals surface area contributed by atoms with E-state index in [1.54, 1.807) is 18.2 Å². The molecule has 0 aliphatic carbocycles. The van der Waals surface area contributed by atoms with Crippen molar-refractivity contribution in [3.8, 4) is 5.75 Å². The summed E-state index contributed by atoms with van der Waals surface area (Å²) >= 11 is 1.37. The van der Waals surface area contributed by atoms with Gasteiger partial charge in [-0.1, -0.05) is 18.2 Å². The minimum absolute atomic E-state index is 0.155. The lowest BCUT2D eigenvalue weighted by molar-refractivity contribution is -0.116. The zero-order chi connectivity index (χ0) is 15.8. The van der Waals surface area contributed by atoms with Gasteiger partial charge < -0.3 is 15.4 Å². The molecule has 2 rings (SSSR count). The largest absolute Gasteiger partial charge is 0.492 e. The van der Waals surface area contributed by atoms with Crippen LogP contribution in [0.3, 0.4) is 0 Å². The zero-order valence-electron chi connectivity index (χ0n) is 12.3. The molecule has 0 spiro atoms. The monoisotopic (exact) mass is 318 g/mol. The van der Waals surface area contributed by atoms with Crippen LogP contribution in [0.15, 0.2) is 41.8 Å². The van der Waals surface area contributed by atoms with Crippen LogP contribution < -0.4 is 15.4 Å². The van der Waals surface area contributed by atoms with E-state index in [2.05, 4.69) is 10.6 Å². The highest BCUT2D eigenvalue weighted by molar-refractivity contribution is 7.12. The van der Waals surface area contributed by atoms with Crippen molar-refractivity contribution >= 4 is 28.8 Å². The Balaban J connectivity index is 1.80. The van der Waals surface area contributed by atoms with Gasteiger partial charge in [-0.3, -0.25) is 9.59 Å². The normalized spacial score (nSPS) is 10.0. The molecular formula is C16H18N2O3S. The highest BCUT2D eigenvalue weighted by atomic mass is 32.1. The smallest absolute Gasteiger partial charge is 0.261 e. The third-order valence-electron chi connectivity index (χ3n) is 2.84. The van der Waals surface area contributed by atoms with E-state index in [0.717, 1.165) is 0 Å². The molecule has 0 radical (unpaired) electrons. The number of ether oxygens (including phenoxy) is 1. The van der Waals surface area contributed by atoms with Crippen LogP contribution in [0.4, 0.5) is 5.69 Å². The van der Waals surface area contributed by atoms with Gasteiger partial charge in [0.15, 0.2) is 0 Å². The number of rotatable bonds is 7. The zero-order valence-corrected chi connectivity index (χ0v) is 13.1. The summed E-state index contributed by atoms with van der Waals surface area (Å²) < 4.78 is 5.45. The number of thiophene rings is 1. The van der Waals surface area contributed by atoms with Crippen LogP contribution in [0.2, 0.25) is 0 Å². The van der Waals surface area contributed by atoms with Crippen LogP contribution in [0.25, 0.3) is 0 Å². The molecule has 1 heterocycles. The predicted molar refractivity (Wildman–Crippen MR) is 87.5 cm³/mol. The first-order valence-corrected chi connectivity index (χ1v) is 7.92. The molecule has 0 bridgehead atoms. The Hall–Kier alpha value is -2.34. The SMILES string of the molecule is CCOc1ccccc1NC(=O)CCNC(=O)c1cccs1. The number of carbonyl (C=O) groups excluding carboxylic acids is 2. The van der Waals surface area contributed by atoms with Crippen LogP contribution in [0, 0.1) is 0 Å². The van der Waals surface area contributed by atoms with E-state index in [-0.39, 0.29) is 18.2 Å². The van der Waals surface area contributed by atoms with Gasteiger partial charge in [0, 0.05) is 13.0 Å². The highest BCUT2D eigenvalue weighted by Crippen LogP contribution is 2.23. The van der Waals surface area contributed by atoms with Gasteiger partial charge in [0.1, 0.15) is 5.75 Å². The topological polar surface area (TPSA) is 67.4 Å². The van der Waals surface area contributed by atoms with Crippen LogP contribution in [-0.4, -0.2) is 25.0 Å². The Labute approximate surface area is 133 Å². The first-order valence-electron chi connectivity index (χ1n) is 7.04. The van der Waals surface area contributed by atoms with Crippen molar-refractivity contribution in [1.29, 1.82) is 0 Å². The lowest BCUT2D eigenvalue weighted by Crippen LogP contribution is -2.27. The van der Waals surface area contributed by atoms with E-state index in [1.165, 1.54) is 11.3 Å². The Bertz CT molecular complexity index is 626. The third kappa shape index (κ3) is 4.60. The van der Waals surface area contributed by atoms with E-state index in [1.807, 2.05) is 30.5 Å². The summed E-state index contributed by atoms with van der Waals surface area (Å²) in [5.41, 5.74) is 0.638. The van der Waals surface area contributed by atoms with Gasteiger partial charge >= 0.3 is 0 Å². The first-order chi connectivity index (χ1) is 10.7. The summed E-state index contributed by atoms with van der Waals surface area (Å²) in [4.78, 5) is 24.3. The van der Waals surface area contributed by atoms with Crippen molar-refractivity contribution < 1.29 is 14.3 Å². The number of amides is 2. The Kier molecular flexibility index (Phi) is 5.97. The molecule has 0 unspecified atom stereocenters. The number of carbonyl (C=O) groups is 2. The molecular weight excluding hydrogens is 300 g/mol. The summed E-state index contributed by atoms with van der Waals surface area (Å²) in [6.45, 7) is 2.71. The number of benzene rings is 1. The fraction of sp³-hybridized carbons (Fsp3) is 0.250. The number of para-hydroxylation sites is 2. The van der Waals surface area contributed by atoms with Crippen molar-refractivity contribution in [2.75, 3.05) is 18.5 Å². The third-order valence-corrected chi connectivity index (χ3v) is 3.71. The molecule has 116 valence electrons. The molecule has 1 aromatic carbocycles. The van der Waals surface area contributed by atoms with E-state index in [9.17, 15) is 9.59 Å². The van der Waals surface area contributed by atoms with Gasteiger partial charge in [0.05, 0.1) is 17.2 Å². The van der Waals surface area contributed by atoms with Gasteiger partial charge in [0.2, 0.25) is 5.91 Å². The van der Waals surface area contributed by atoms with Crippen LogP contribution in [-0.2, 0) is 4.79 Å². The summed E-state index contributed by atoms with van der Waals surface area (Å²) in [5.74, 6) is 0.317. The summed E-state index contributed by atoms with van der Waals surface area (Å²) in [6, 6.07) is 10.8. The fourth-order valence-corrected chi connectivity index (χ4v) is 2.49. The van der Waals surface area contributed by atoms with Gasteiger partial charge in [0.25, 0.3) is 5.91 Å². The van der Waals surface area contributed by atoms with Crippen molar-refractivity contribution in [1.82, 2.24) is 5.32 Å². The van der Waals surface area contributed by atoms with Gasteiger partial charge in [-0.15, -0.1) is 11.3 Å². The summed E-state index contributed by atoms with van der Waals surface area (Å²) in [7, 11) is 0. The molecule has 2 amide bonds. The van der Waals surface area contributed by atoms with Crippen LogP contribution >= 0.6 is 11.3 Å². The quantitative estimate of drug-likeness (QED) is 0.825. The molecule has 2 aromatic rings. The Morgan fingerprint density at radius 2 is 2.00 bits per heavy atom. The molecule has 6 heteroatoms. The van der Waals surface area contributed by atoms with Gasteiger partial charge in [-0.2, -0.15) is 0 Å². The molecule has 0 aliphatic rings. The van der Waals surface area contributed by atoms with E-state index < -0.39 is 0 Å². The molecule has 2 N–H and O–H groups in total. The van der Waals surface area contributed by atoms with E-state index in [0.29, 0.717) is 29.5 Å². The number of anilines is 1. The standard InChI is InChI=1S/C16H18N2O3S/c1-2-21-13-7-4-3-6-12(13)18-15(19)9-10-17-16(20)14-8-5-11-22-14/h3-8,11H,2,9-10H2,1H3,(H,17,20)(H,18,19). The fourth-order valence-electron chi connectivity index (χ4n) is 1.85. The van der Waals surface area contributed by atoms with Crippen molar-refractivity contribution in [2.24, 2.45) is 0 Å². The number of hydrogen-bond donors (Lipinski definition) is 2. The molecule has 0 saturated heterocycles. The molecule has 22 heavy (non-hydrogen) atoms. The second-order valence-electron chi connectivity index (χ2n) is 4.46. The molecule has 0 saturated carbocycles. The Morgan fingerprint density at radius 1 is 1.18 bits per heavy atom. The lowest BCUT2D eigenvalue weighted by Gasteiger charge is -2.11. The number of hydrogen-bond acceptors (Lipinski definition) is 4. The van der Waals surface area contributed by atoms with Crippen molar-refractivity contribution in [3.05, 3.63) is 46.7 Å².